The second kappa shape index (κ2) is 3.38. The van der Waals surface area contributed by atoms with Gasteiger partial charge in [-0.3, -0.25) is 0 Å². The topological polar surface area (TPSA) is 0 Å². The molecule has 0 spiro atoms. The van der Waals surface area contributed by atoms with E-state index in [9.17, 15) is 17.6 Å². The standard InChI is InChI=1S/C10H16F4/c1-6(2)7-4-5-9(3,12)10(13,14)8(7)11/h6-8H,4-5H2,1-3H3. The van der Waals surface area contributed by atoms with E-state index in [1.807, 2.05) is 0 Å². The Labute approximate surface area is 81.7 Å². The first kappa shape index (κ1) is 11.8. The summed E-state index contributed by atoms with van der Waals surface area (Å²) in [6.07, 6.45) is -2.42. The Kier molecular flexibility index (Phi) is 2.85. The van der Waals surface area contributed by atoms with Crippen molar-refractivity contribution in [1.29, 1.82) is 0 Å². The smallest absolute Gasteiger partial charge is 0.240 e. The third kappa shape index (κ3) is 1.63. The second-order valence-corrected chi connectivity index (χ2v) is 4.67. The summed E-state index contributed by atoms with van der Waals surface area (Å²) in [5, 5.41) is 0. The minimum absolute atomic E-state index is 0.174. The summed E-state index contributed by atoms with van der Waals surface area (Å²) in [5.41, 5.74) is -2.70. The highest BCUT2D eigenvalue weighted by atomic mass is 19.3. The van der Waals surface area contributed by atoms with Gasteiger partial charge in [0.05, 0.1) is 0 Å². The van der Waals surface area contributed by atoms with E-state index in [2.05, 4.69) is 0 Å². The van der Waals surface area contributed by atoms with E-state index in [-0.39, 0.29) is 18.8 Å². The Bertz CT molecular complexity index is 210. The van der Waals surface area contributed by atoms with Gasteiger partial charge in [-0.15, -0.1) is 0 Å². The highest BCUT2D eigenvalue weighted by molar-refractivity contribution is 5.02. The molecule has 4 heteroatoms. The Hall–Kier alpha value is -0.280. The van der Waals surface area contributed by atoms with Crippen LogP contribution in [0.3, 0.4) is 0 Å². The minimum atomic E-state index is -3.85. The molecule has 0 amide bonds. The van der Waals surface area contributed by atoms with Gasteiger partial charge >= 0.3 is 5.92 Å². The van der Waals surface area contributed by atoms with Gasteiger partial charge in [-0.05, 0) is 31.6 Å². The lowest BCUT2D eigenvalue weighted by molar-refractivity contribution is -0.214. The fourth-order valence-electron chi connectivity index (χ4n) is 1.98. The lowest BCUT2D eigenvalue weighted by Crippen LogP contribution is -2.56. The predicted molar refractivity (Wildman–Crippen MR) is 46.9 cm³/mol. The van der Waals surface area contributed by atoms with E-state index in [0.717, 1.165) is 6.92 Å². The van der Waals surface area contributed by atoms with Gasteiger partial charge in [0.1, 0.15) is 0 Å². The van der Waals surface area contributed by atoms with E-state index in [1.54, 1.807) is 13.8 Å². The van der Waals surface area contributed by atoms with Crippen molar-refractivity contribution in [2.75, 3.05) is 0 Å². The van der Waals surface area contributed by atoms with Gasteiger partial charge in [0.25, 0.3) is 0 Å². The van der Waals surface area contributed by atoms with Gasteiger partial charge in [0, 0.05) is 0 Å². The Morgan fingerprint density at radius 1 is 1.21 bits per heavy atom. The van der Waals surface area contributed by atoms with Gasteiger partial charge in [-0.25, -0.2) is 8.78 Å². The maximum Gasteiger partial charge on any atom is 0.311 e. The van der Waals surface area contributed by atoms with E-state index >= 15 is 0 Å². The minimum Gasteiger partial charge on any atom is -0.240 e. The summed E-state index contributed by atoms with van der Waals surface area (Å²) >= 11 is 0. The summed E-state index contributed by atoms with van der Waals surface area (Å²) < 4.78 is 53.2. The first-order valence-electron chi connectivity index (χ1n) is 4.91. The van der Waals surface area contributed by atoms with Crippen LogP contribution in [-0.4, -0.2) is 17.8 Å². The van der Waals surface area contributed by atoms with Crippen LogP contribution in [0.2, 0.25) is 0 Å². The van der Waals surface area contributed by atoms with Crippen molar-refractivity contribution < 1.29 is 17.6 Å². The van der Waals surface area contributed by atoms with Crippen molar-refractivity contribution in [2.45, 2.75) is 51.4 Å². The molecule has 0 nitrogen and oxygen atoms in total. The van der Waals surface area contributed by atoms with Crippen LogP contribution in [0, 0.1) is 11.8 Å². The van der Waals surface area contributed by atoms with E-state index in [4.69, 9.17) is 0 Å². The number of halogens is 4. The highest BCUT2D eigenvalue weighted by Crippen LogP contribution is 2.49. The molecule has 0 aliphatic heterocycles. The van der Waals surface area contributed by atoms with E-state index in [1.165, 1.54) is 0 Å². The van der Waals surface area contributed by atoms with E-state index in [0.29, 0.717) is 0 Å². The average molecular weight is 212 g/mol. The molecule has 0 radical (unpaired) electrons. The lowest BCUT2D eigenvalue weighted by atomic mass is 9.72. The van der Waals surface area contributed by atoms with E-state index < -0.39 is 23.7 Å². The number of hydrogen-bond donors (Lipinski definition) is 0. The Morgan fingerprint density at radius 2 is 1.71 bits per heavy atom. The monoisotopic (exact) mass is 212 g/mol. The predicted octanol–water partition coefficient (Wildman–Crippen LogP) is 3.75. The molecule has 0 N–H and O–H groups in total. The third-order valence-electron chi connectivity index (χ3n) is 3.22. The molecule has 14 heavy (non-hydrogen) atoms. The SMILES string of the molecule is CC(C)C1CCC(C)(F)C(F)(F)C1F. The van der Waals surface area contributed by atoms with Crippen molar-refractivity contribution in [2.24, 2.45) is 11.8 Å². The molecule has 1 fully saturated rings. The normalized spacial score (nSPS) is 42.9. The molecule has 0 aromatic rings. The third-order valence-corrected chi connectivity index (χ3v) is 3.22. The molecule has 1 aliphatic carbocycles. The first-order valence-corrected chi connectivity index (χ1v) is 4.91. The van der Waals surface area contributed by atoms with Crippen LogP contribution in [0.15, 0.2) is 0 Å². The summed E-state index contributed by atoms with van der Waals surface area (Å²) in [4.78, 5) is 0. The van der Waals surface area contributed by atoms with Gasteiger partial charge in [0.2, 0.25) is 0 Å². The molecule has 3 unspecified atom stereocenters. The molecule has 1 saturated carbocycles. The molecule has 0 saturated heterocycles. The molecular weight excluding hydrogens is 196 g/mol. The fraction of sp³-hybridized carbons (Fsp3) is 1.00. The van der Waals surface area contributed by atoms with Gasteiger partial charge in [-0.1, -0.05) is 13.8 Å². The first-order chi connectivity index (χ1) is 6.20. The zero-order valence-electron chi connectivity index (χ0n) is 8.66. The summed E-state index contributed by atoms with van der Waals surface area (Å²) in [5.74, 6) is -4.75. The quantitative estimate of drug-likeness (QED) is 0.580. The second-order valence-electron chi connectivity index (χ2n) is 4.67. The van der Waals surface area contributed by atoms with Crippen LogP contribution in [0.1, 0.15) is 33.6 Å². The van der Waals surface area contributed by atoms with Crippen molar-refractivity contribution >= 4 is 0 Å². The van der Waals surface area contributed by atoms with Crippen LogP contribution < -0.4 is 0 Å². The van der Waals surface area contributed by atoms with Crippen LogP contribution in [0.5, 0.6) is 0 Å². The zero-order valence-corrected chi connectivity index (χ0v) is 8.66. The average Bonchev–Trinajstić information content (AvgIpc) is 2.00. The Morgan fingerprint density at radius 3 is 2.14 bits per heavy atom. The molecule has 1 rings (SSSR count). The highest BCUT2D eigenvalue weighted by Gasteiger charge is 2.62. The summed E-state index contributed by atoms with van der Waals surface area (Å²) in [6.45, 7) is 4.17. The maximum atomic E-state index is 13.4. The van der Waals surface area contributed by atoms with Crippen LogP contribution in [0.4, 0.5) is 17.6 Å². The molecule has 84 valence electrons. The fourth-order valence-corrected chi connectivity index (χ4v) is 1.98. The maximum absolute atomic E-state index is 13.4. The van der Waals surface area contributed by atoms with Crippen LogP contribution in [-0.2, 0) is 0 Å². The van der Waals surface area contributed by atoms with Crippen molar-refractivity contribution in [3.63, 3.8) is 0 Å². The summed E-state index contributed by atoms with van der Waals surface area (Å²) in [7, 11) is 0. The zero-order chi connectivity index (χ0) is 11.1. The van der Waals surface area contributed by atoms with Crippen LogP contribution >= 0.6 is 0 Å². The molecule has 0 heterocycles. The van der Waals surface area contributed by atoms with Gasteiger partial charge in [0.15, 0.2) is 11.8 Å². The molecule has 0 bridgehead atoms. The molecule has 1 aliphatic rings. The molecule has 0 aromatic carbocycles. The van der Waals surface area contributed by atoms with Crippen LogP contribution in [0.25, 0.3) is 0 Å². The van der Waals surface area contributed by atoms with Crippen molar-refractivity contribution in [3.8, 4) is 0 Å². The molecular formula is C10H16F4. The number of hydrogen-bond acceptors (Lipinski definition) is 0. The molecule has 0 aromatic heterocycles. The Balaban J connectivity index is 2.89. The number of alkyl halides is 4. The lowest BCUT2D eigenvalue weighted by Gasteiger charge is -2.42. The summed E-state index contributed by atoms with van der Waals surface area (Å²) in [6, 6.07) is 0. The largest absolute Gasteiger partial charge is 0.311 e. The van der Waals surface area contributed by atoms with Crippen molar-refractivity contribution in [1.82, 2.24) is 0 Å². The number of rotatable bonds is 1. The van der Waals surface area contributed by atoms with Gasteiger partial charge in [-0.2, -0.15) is 8.78 Å². The van der Waals surface area contributed by atoms with Crippen molar-refractivity contribution in [3.05, 3.63) is 0 Å². The molecule has 3 atom stereocenters. The van der Waals surface area contributed by atoms with Gasteiger partial charge < -0.3 is 0 Å².